The molecule has 2 aromatic rings. The highest BCUT2D eigenvalue weighted by atomic mass is 16.5. The van der Waals surface area contributed by atoms with Crippen LogP contribution in [0.2, 0.25) is 0 Å². The Hall–Kier alpha value is -2.62. The lowest BCUT2D eigenvalue weighted by atomic mass is 10.1. The van der Waals surface area contributed by atoms with Crippen molar-refractivity contribution < 1.29 is 19.1 Å². The maximum atomic E-state index is 12.2. The van der Waals surface area contributed by atoms with Gasteiger partial charge in [-0.25, -0.2) is 9.59 Å². The van der Waals surface area contributed by atoms with E-state index >= 15 is 0 Å². The van der Waals surface area contributed by atoms with E-state index in [-0.39, 0.29) is 5.97 Å². The molecule has 0 aliphatic rings. The minimum atomic E-state index is -0.455. The van der Waals surface area contributed by atoms with Gasteiger partial charge in [-0.15, -0.1) is 0 Å². The molecule has 4 heteroatoms. The smallest absolute Gasteiger partial charge is 0.343 e. The minimum Gasteiger partial charge on any atom is -0.462 e. The fourth-order valence-corrected chi connectivity index (χ4v) is 2.18. The zero-order chi connectivity index (χ0) is 16.8. The van der Waals surface area contributed by atoms with E-state index in [9.17, 15) is 9.59 Å². The topological polar surface area (TPSA) is 52.6 Å². The van der Waals surface area contributed by atoms with E-state index in [2.05, 4.69) is 0 Å². The summed E-state index contributed by atoms with van der Waals surface area (Å²) in [6, 6.07) is 11.9. The third-order valence-corrected chi connectivity index (χ3v) is 3.20. The molecule has 0 unspecified atom stereocenters. The highest BCUT2D eigenvalue weighted by Gasteiger charge is 2.12. The second kappa shape index (κ2) is 7.58. The van der Waals surface area contributed by atoms with Crippen molar-refractivity contribution in [1.82, 2.24) is 0 Å². The summed E-state index contributed by atoms with van der Waals surface area (Å²) in [5.41, 5.74) is 2.86. The summed E-state index contributed by atoms with van der Waals surface area (Å²) in [5.74, 6) is -0.330. The van der Waals surface area contributed by atoms with Gasteiger partial charge in [-0.05, 0) is 67.8 Å². The molecule has 0 N–H and O–H groups in total. The highest BCUT2D eigenvalue weighted by Crippen LogP contribution is 2.18. The second-order valence-electron chi connectivity index (χ2n) is 5.43. The van der Waals surface area contributed by atoms with Gasteiger partial charge in [0.05, 0.1) is 17.7 Å². The van der Waals surface area contributed by atoms with Crippen molar-refractivity contribution in [2.75, 3.05) is 6.61 Å². The van der Waals surface area contributed by atoms with Crippen LogP contribution in [0, 0.1) is 13.8 Å². The van der Waals surface area contributed by atoms with E-state index < -0.39 is 5.97 Å². The number of hydrogen-bond acceptors (Lipinski definition) is 4. The number of carbonyl (C=O) groups is 2. The molecule has 0 amide bonds. The first-order valence-electron chi connectivity index (χ1n) is 7.57. The van der Waals surface area contributed by atoms with Crippen LogP contribution in [0.15, 0.2) is 42.5 Å². The van der Waals surface area contributed by atoms with Gasteiger partial charge in [0.1, 0.15) is 5.75 Å². The van der Waals surface area contributed by atoms with Crippen molar-refractivity contribution in [3.8, 4) is 5.75 Å². The van der Waals surface area contributed by atoms with E-state index in [1.54, 1.807) is 36.4 Å². The van der Waals surface area contributed by atoms with Gasteiger partial charge in [-0.1, -0.05) is 13.0 Å². The second-order valence-corrected chi connectivity index (χ2v) is 5.43. The molecular formula is C19H20O4. The van der Waals surface area contributed by atoms with E-state index in [1.807, 2.05) is 26.8 Å². The van der Waals surface area contributed by atoms with Gasteiger partial charge in [-0.2, -0.15) is 0 Å². The monoisotopic (exact) mass is 312 g/mol. The first kappa shape index (κ1) is 16.7. The Labute approximate surface area is 136 Å². The minimum absolute atomic E-state index is 0.384. The Morgan fingerprint density at radius 2 is 1.39 bits per heavy atom. The van der Waals surface area contributed by atoms with Crippen LogP contribution in [0.1, 0.15) is 45.2 Å². The van der Waals surface area contributed by atoms with Crippen LogP contribution < -0.4 is 4.74 Å². The fourth-order valence-electron chi connectivity index (χ4n) is 2.18. The predicted octanol–water partition coefficient (Wildman–Crippen LogP) is 4.09. The quantitative estimate of drug-likeness (QED) is 0.616. The molecule has 2 rings (SSSR count). The van der Waals surface area contributed by atoms with Gasteiger partial charge >= 0.3 is 11.9 Å². The Bertz CT molecular complexity index is 682. The number of hydrogen-bond donors (Lipinski definition) is 0. The van der Waals surface area contributed by atoms with Gasteiger partial charge in [-0.3, -0.25) is 0 Å². The molecule has 0 aromatic heterocycles. The molecule has 0 radical (unpaired) electrons. The molecule has 0 saturated carbocycles. The van der Waals surface area contributed by atoms with Crippen LogP contribution in [0.4, 0.5) is 0 Å². The molecule has 23 heavy (non-hydrogen) atoms. The zero-order valence-corrected chi connectivity index (χ0v) is 13.6. The molecule has 0 aliphatic heterocycles. The lowest BCUT2D eigenvalue weighted by molar-refractivity contribution is 0.0504. The first-order valence-corrected chi connectivity index (χ1v) is 7.57. The van der Waals surface area contributed by atoms with Crippen molar-refractivity contribution in [2.45, 2.75) is 27.2 Å². The van der Waals surface area contributed by atoms with Crippen molar-refractivity contribution in [3.05, 3.63) is 64.7 Å². The number of aryl methyl sites for hydroxylation is 2. The number of rotatable bonds is 5. The molecule has 0 saturated heterocycles. The molecular weight excluding hydrogens is 292 g/mol. The lowest BCUT2D eigenvalue weighted by Gasteiger charge is -2.07. The third-order valence-electron chi connectivity index (χ3n) is 3.20. The summed E-state index contributed by atoms with van der Waals surface area (Å²) in [7, 11) is 0. The molecule has 0 fully saturated rings. The number of carbonyl (C=O) groups excluding carboxylic acids is 2. The van der Waals surface area contributed by atoms with Crippen molar-refractivity contribution in [2.24, 2.45) is 0 Å². The number of benzene rings is 2. The molecule has 0 heterocycles. The summed E-state index contributed by atoms with van der Waals surface area (Å²) in [6.45, 7) is 6.21. The number of ether oxygens (including phenoxy) is 2. The van der Waals surface area contributed by atoms with Crippen LogP contribution in [0.25, 0.3) is 0 Å². The van der Waals surface area contributed by atoms with Crippen molar-refractivity contribution >= 4 is 11.9 Å². The third kappa shape index (κ3) is 4.68. The van der Waals surface area contributed by atoms with Gasteiger partial charge in [0.15, 0.2) is 0 Å². The molecule has 0 aliphatic carbocycles. The summed E-state index contributed by atoms with van der Waals surface area (Å²) in [5, 5.41) is 0. The standard InChI is InChI=1S/C19H20O4/c1-4-9-22-18(20)15-5-7-16(8-6-15)19(21)23-17-11-13(2)10-14(3)12-17/h5-8,10-12H,4,9H2,1-3H3. The Kier molecular flexibility index (Phi) is 5.52. The molecule has 0 atom stereocenters. The van der Waals surface area contributed by atoms with Crippen LogP contribution in [0.5, 0.6) is 5.75 Å². The summed E-state index contributed by atoms with van der Waals surface area (Å²) < 4.78 is 10.4. The van der Waals surface area contributed by atoms with Gasteiger partial charge in [0, 0.05) is 0 Å². The fraction of sp³-hybridized carbons (Fsp3) is 0.263. The SMILES string of the molecule is CCCOC(=O)c1ccc(C(=O)Oc2cc(C)cc(C)c2)cc1. The van der Waals surface area contributed by atoms with Crippen LogP contribution >= 0.6 is 0 Å². The first-order chi connectivity index (χ1) is 11.0. The van der Waals surface area contributed by atoms with Crippen LogP contribution in [0.3, 0.4) is 0 Å². The molecule has 0 spiro atoms. The average molecular weight is 312 g/mol. The van der Waals surface area contributed by atoms with E-state index in [0.29, 0.717) is 23.5 Å². The van der Waals surface area contributed by atoms with E-state index in [4.69, 9.17) is 9.47 Å². The maximum Gasteiger partial charge on any atom is 0.343 e. The predicted molar refractivity (Wildman–Crippen MR) is 87.9 cm³/mol. The maximum absolute atomic E-state index is 12.2. The molecule has 120 valence electrons. The zero-order valence-electron chi connectivity index (χ0n) is 13.6. The summed E-state index contributed by atoms with van der Waals surface area (Å²) in [4.78, 5) is 23.9. The Morgan fingerprint density at radius 1 is 0.870 bits per heavy atom. The number of esters is 2. The van der Waals surface area contributed by atoms with Gasteiger partial charge < -0.3 is 9.47 Å². The Balaban J connectivity index is 2.06. The Morgan fingerprint density at radius 3 is 1.91 bits per heavy atom. The molecule has 0 bridgehead atoms. The van der Waals surface area contributed by atoms with E-state index in [1.165, 1.54) is 0 Å². The highest BCUT2D eigenvalue weighted by molar-refractivity contribution is 5.94. The largest absolute Gasteiger partial charge is 0.462 e. The lowest BCUT2D eigenvalue weighted by Crippen LogP contribution is -2.10. The average Bonchev–Trinajstić information content (AvgIpc) is 2.51. The van der Waals surface area contributed by atoms with Gasteiger partial charge in [0.25, 0.3) is 0 Å². The normalized spacial score (nSPS) is 10.2. The van der Waals surface area contributed by atoms with Crippen molar-refractivity contribution in [1.29, 1.82) is 0 Å². The molecule has 4 nitrogen and oxygen atoms in total. The van der Waals surface area contributed by atoms with Crippen molar-refractivity contribution in [3.63, 3.8) is 0 Å². The summed E-state index contributed by atoms with van der Waals surface area (Å²) >= 11 is 0. The van der Waals surface area contributed by atoms with Crippen LogP contribution in [-0.2, 0) is 4.74 Å². The van der Waals surface area contributed by atoms with Gasteiger partial charge in [0.2, 0.25) is 0 Å². The van der Waals surface area contributed by atoms with Crippen LogP contribution in [-0.4, -0.2) is 18.5 Å². The summed E-state index contributed by atoms with van der Waals surface area (Å²) in [6.07, 6.45) is 0.770. The molecule has 2 aromatic carbocycles. The van der Waals surface area contributed by atoms with E-state index in [0.717, 1.165) is 17.5 Å².